The number of aromatic nitrogens is 2. The minimum Gasteiger partial charge on any atom is -0.315 e. The van der Waals surface area contributed by atoms with Gasteiger partial charge >= 0.3 is 0 Å². The van der Waals surface area contributed by atoms with Gasteiger partial charge in [-0.3, -0.25) is 9.58 Å². The molecule has 1 aromatic rings. The molecule has 1 saturated heterocycles. The lowest BCUT2D eigenvalue weighted by atomic mass is 10.2. The van der Waals surface area contributed by atoms with Crippen molar-refractivity contribution in [3.05, 3.63) is 18.0 Å². The highest BCUT2D eigenvalue weighted by Gasteiger charge is 2.23. The van der Waals surface area contributed by atoms with Gasteiger partial charge in [0, 0.05) is 32.4 Å². The van der Waals surface area contributed by atoms with E-state index in [1.165, 1.54) is 37.9 Å². The molecule has 1 atom stereocenters. The molecule has 1 N–H and O–H groups in total. The first-order valence-electron chi connectivity index (χ1n) is 7.22. The van der Waals surface area contributed by atoms with Gasteiger partial charge in [0.1, 0.15) is 0 Å². The molecule has 0 radical (unpaired) electrons. The van der Waals surface area contributed by atoms with Crippen LogP contribution in [0.1, 0.15) is 31.7 Å². The maximum atomic E-state index is 4.23. The van der Waals surface area contributed by atoms with Crippen LogP contribution in [0.3, 0.4) is 0 Å². The summed E-state index contributed by atoms with van der Waals surface area (Å²) in [5, 5.41) is 7.78. The van der Waals surface area contributed by atoms with Crippen molar-refractivity contribution in [2.45, 2.75) is 38.6 Å². The van der Waals surface area contributed by atoms with Crippen molar-refractivity contribution >= 4 is 0 Å². The Kier molecular flexibility index (Phi) is 5.20. The van der Waals surface area contributed by atoms with Crippen LogP contribution < -0.4 is 5.32 Å². The van der Waals surface area contributed by atoms with Crippen LogP contribution in [0, 0.1) is 0 Å². The number of aryl methyl sites for hydroxylation is 1. The van der Waals surface area contributed by atoms with Crippen LogP contribution in [0.15, 0.2) is 12.4 Å². The summed E-state index contributed by atoms with van der Waals surface area (Å²) < 4.78 is 1.89. The lowest BCUT2D eigenvalue weighted by molar-refractivity contribution is 0.250. The molecule has 2 heterocycles. The quantitative estimate of drug-likeness (QED) is 0.743. The number of hydrogen-bond acceptors (Lipinski definition) is 3. The molecule has 0 bridgehead atoms. The highest BCUT2D eigenvalue weighted by atomic mass is 15.2. The summed E-state index contributed by atoms with van der Waals surface area (Å²) in [4.78, 5) is 2.63. The Morgan fingerprint density at radius 2 is 2.39 bits per heavy atom. The summed E-state index contributed by atoms with van der Waals surface area (Å²) in [7, 11) is 1.98. The lowest BCUT2D eigenvalue weighted by Crippen LogP contribution is -2.39. The van der Waals surface area contributed by atoms with E-state index in [-0.39, 0.29) is 0 Å². The van der Waals surface area contributed by atoms with E-state index in [0.29, 0.717) is 0 Å². The van der Waals surface area contributed by atoms with Crippen LogP contribution in [-0.2, 0) is 13.5 Å². The predicted molar refractivity (Wildman–Crippen MR) is 74.7 cm³/mol. The fourth-order valence-corrected chi connectivity index (χ4v) is 2.74. The maximum absolute atomic E-state index is 4.23. The SMILES string of the molecule is CCCNCC1CCCN1CCc1cnn(C)c1. The summed E-state index contributed by atoms with van der Waals surface area (Å²) in [5.41, 5.74) is 1.35. The lowest BCUT2D eigenvalue weighted by Gasteiger charge is -2.24. The van der Waals surface area contributed by atoms with Gasteiger partial charge in [0.15, 0.2) is 0 Å². The molecule has 0 spiro atoms. The first-order valence-corrected chi connectivity index (χ1v) is 7.22. The largest absolute Gasteiger partial charge is 0.315 e. The summed E-state index contributed by atoms with van der Waals surface area (Å²) in [6.45, 7) is 6.96. The zero-order chi connectivity index (χ0) is 12.8. The van der Waals surface area contributed by atoms with E-state index in [9.17, 15) is 0 Å². The minimum absolute atomic E-state index is 0.744. The molecule has 0 saturated carbocycles. The molecule has 1 aromatic heterocycles. The molecule has 1 unspecified atom stereocenters. The second kappa shape index (κ2) is 6.90. The predicted octanol–water partition coefficient (Wildman–Crippen LogP) is 1.43. The van der Waals surface area contributed by atoms with Gasteiger partial charge in [0.2, 0.25) is 0 Å². The highest BCUT2D eigenvalue weighted by molar-refractivity contribution is 5.04. The van der Waals surface area contributed by atoms with Crippen molar-refractivity contribution < 1.29 is 0 Å². The molecule has 4 nitrogen and oxygen atoms in total. The molecule has 0 aliphatic carbocycles. The third kappa shape index (κ3) is 3.82. The Morgan fingerprint density at radius 3 is 3.11 bits per heavy atom. The smallest absolute Gasteiger partial charge is 0.0522 e. The normalized spacial score (nSPS) is 20.7. The first kappa shape index (κ1) is 13.6. The maximum Gasteiger partial charge on any atom is 0.0522 e. The van der Waals surface area contributed by atoms with Crippen LogP contribution in [-0.4, -0.2) is 46.9 Å². The molecule has 4 heteroatoms. The van der Waals surface area contributed by atoms with Crippen molar-refractivity contribution in [3.63, 3.8) is 0 Å². The van der Waals surface area contributed by atoms with E-state index in [0.717, 1.165) is 25.6 Å². The van der Waals surface area contributed by atoms with Crippen LogP contribution in [0.25, 0.3) is 0 Å². The molecule has 18 heavy (non-hydrogen) atoms. The van der Waals surface area contributed by atoms with E-state index in [1.807, 2.05) is 17.9 Å². The number of nitrogens with one attached hydrogen (secondary N) is 1. The van der Waals surface area contributed by atoms with Crippen molar-refractivity contribution in [3.8, 4) is 0 Å². The third-order valence-electron chi connectivity index (χ3n) is 3.75. The summed E-state index contributed by atoms with van der Waals surface area (Å²) in [6.07, 6.45) is 9.16. The number of likely N-dealkylation sites (tertiary alicyclic amines) is 1. The summed E-state index contributed by atoms with van der Waals surface area (Å²) in [6, 6.07) is 0.744. The van der Waals surface area contributed by atoms with Crippen LogP contribution in [0.4, 0.5) is 0 Å². The molecule has 0 amide bonds. The van der Waals surface area contributed by atoms with Gasteiger partial charge in [0.25, 0.3) is 0 Å². The zero-order valence-electron chi connectivity index (χ0n) is 11.7. The average molecular weight is 250 g/mol. The Morgan fingerprint density at radius 1 is 1.50 bits per heavy atom. The van der Waals surface area contributed by atoms with Crippen molar-refractivity contribution in [2.24, 2.45) is 7.05 Å². The number of hydrogen-bond donors (Lipinski definition) is 1. The first-order chi connectivity index (χ1) is 8.79. The van der Waals surface area contributed by atoms with Gasteiger partial charge in [-0.2, -0.15) is 5.10 Å². The molecule has 0 aromatic carbocycles. The highest BCUT2D eigenvalue weighted by Crippen LogP contribution is 2.17. The van der Waals surface area contributed by atoms with Crippen molar-refractivity contribution in [1.82, 2.24) is 20.0 Å². The number of rotatable bonds is 7. The Hall–Kier alpha value is -0.870. The molecule has 2 rings (SSSR count). The molecule has 1 aliphatic heterocycles. The van der Waals surface area contributed by atoms with E-state index in [4.69, 9.17) is 0 Å². The fourth-order valence-electron chi connectivity index (χ4n) is 2.74. The van der Waals surface area contributed by atoms with Crippen LogP contribution in [0.2, 0.25) is 0 Å². The molecule has 1 aliphatic rings. The molecular weight excluding hydrogens is 224 g/mol. The van der Waals surface area contributed by atoms with E-state index in [1.54, 1.807) is 0 Å². The second-order valence-corrected chi connectivity index (χ2v) is 5.31. The Balaban J connectivity index is 1.73. The Bertz CT molecular complexity index is 347. The van der Waals surface area contributed by atoms with Gasteiger partial charge in [-0.05, 0) is 44.3 Å². The second-order valence-electron chi connectivity index (χ2n) is 5.31. The van der Waals surface area contributed by atoms with Gasteiger partial charge < -0.3 is 5.32 Å². The Labute approximate surface area is 110 Å². The number of nitrogens with zero attached hydrogens (tertiary/aromatic N) is 3. The monoisotopic (exact) mass is 250 g/mol. The van der Waals surface area contributed by atoms with E-state index >= 15 is 0 Å². The minimum atomic E-state index is 0.744. The van der Waals surface area contributed by atoms with Gasteiger partial charge in [-0.15, -0.1) is 0 Å². The van der Waals surface area contributed by atoms with Crippen molar-refractivity contribution in [2.75, 3.05) is 26.2 Å². The van der Waals surface area contributed by atoms with Gasteiger partial charge in [-0.25, -0.2) is 0 Å². The third-order valence-corrected chi connectivity index (χ3v) is 3.75. The van der Waals surface area contributed by atoms with E-state index in [2.05, 4.69) is 28.4 Å². The molecule has 1 fully saturated rings. The zero-order valence-corrected chi connectivity index (χ0v) is 11.7. The van der Waals surface area contributed by atoms with Crippen molar-refractivity contribution in [1.29, 1.82) is 0 Å². The van der Waals surface area contributed by atoms with Gasteiger partial charge in [-0.1, -0.05) is 6.92 Å². The van der Waals surface area contributed by atoms with Crippen LogP contribution in [0.5, 0.6) is 0 Å². The average Bonchev–Trinajstić information content (AvgIpc) is 2.96. The molecular formula is C14H26N4. The van der Waals surface area contributed by atoms with E-state index < -0.39 is 0 Å². The topological polar surface area (TPSA) is 33.1 Å². The standard InChI is InChI=1S/C14H26N4/c1-3-7-15-11-14-5-4-8-18(14)9-6-13-10-16-17(2)12-13/h10,12,14-15H,3-9,11H2,1-2H3. The summed E-state index contributed by atoms with van der Waals surface area (Å²) >= 11 is 0. The molecule has 102 valence electrons. The summed E-state index contributed by atoms with van der Waals surface area (Å²) in [5.74, 6) is 0. The van der Waals surface area contributed by atoms with Gasteiger partial charge in [0.05, 0.1) is 6.20 Å². The fraction of sp³-hybridized carbons (Fsp3) is 0.786. The van der Waals surface area contributed by atoms with Crippen LogP contribution >= 0.6 is 0 Å².